The molecule has 0 unspecified atom stereocenters. The van der Waals surface area contributed by atoms with Gasteiger partial charge in [-0.1, -0.05) is 0 Å². The highest BCUT2D eigenvalue weighted by molar-refractivity contribution is 6.17. The normalized spacial score (nSPS) is 10.9. The van der Waals surface area contributed by atoms with Crippen LogP contribution >= 0.6 is 11.6 Å². The van der Waals surface area contributed by atoms with E-state index >= 15 is 0 Å². The van der Waals surface area contributed by atoms with E-state index in [0.29, 0.717) is 22.9 Å². The molecule has 1 amide bonds. The van der Waals surface area contributed by atoms with Crippen LogP contribution in [-0.4, -0.2) is 16.4 Å². The lowest BCUT2D eigenvalue weighted by molar-refractivity contribution is 0.102. The topological polar surface area (TPSA) is 43.3 Å². The largest absolute Gasteiger partial charge is 0.457 e. The summed E-state index contributed by atoms with van der Waals surface area (Å²) < 4.78 is 21.1. The summed E-state index contributed by atoms with van der Waals surface area (Å²) in [4.78, 5) is 12.3. The van der Waals surface area contributed by atoms with Gasteiger partial charge in [-0.3, -0.25) is 4.79 Å². The fourth-order valence-corrected chi connectivity index (χ4v) is 3.33. The number of anilines is 1. The summed E-state index contributed by atoms with van der Waals surface area (Å²) in [5.74, 6) is 1.38. The zero-order valence-corrected chi connectivity index (χ0v) is 16.9. The van der Waals surface area contributed by atoms with E-state index < -0.39 is 0 Å². The number of carbonyl (C=O) groups is 1. The van der Waals surface area contributed by atoms with E-state index in [1.807, 2.05) is 18.2 Å². The highest BCUT2D eigenvalue weighted by atomic mass is 35.5. The predicted molar refractivity (Wildman–Crippen MR) is 118 cm³/mol. The van der Waals surface area contributed by atoms with E-state index in [-0.39, 0.29) is 11.7 Å². The summed E-state index contributed by atoms with van der Waals surface area (Å²) >= 11 is 5.79. The number of aryl methyl sites for hydroxylation is 1. The maximum Gasteiger partial charge on any atom is 0.255 e. The van der Waals surface area contributed by atoms with Crippen molar-refractivity contribution in [3.8, 4) is 11.5 Å². The zero-order chi connectivity index (χ0) is 20.9. The van der Waals surface area contributed by atoms with Gasteiger partial charge in [0.25, 0.3) is 5.91 Å². The Morgan fingerprint density at radius 3 is 2.43 bits per heavy atom. The Hall–Kier alpha value is -3.31. The van der Waals surface area contributed by atoms with Gasteiger partial charge in [0, 0.05) is 40.8 Å². The van der Waals surface area contributed by atoms with Gasteiger partial charge >= 0.3 is 0 Å². The molecule has 0 radical (unpaired) electrons. The van der Waals surface area contributed by atoms with Crippen LogP contribution in [0.2, 0.25) is 0 Å². The molecule has 3 aromatic carbocycles. The molecule has 0 saturated carbocycles. The molecule has 0 saturated heterocycles. The Kier molecular flexibility index (Phi) is 6.00. The number of benzene rings is 3. The molecule has 0 spiro atoms. The molecular formula is C24H20ClFN2O2. The molecule has 0 bridgehead atoms. The Bertz CT molecular complexity index is 1150. The molecule has 0 fully saturated rings. The average molecular weight is 423 g/mol. The molecule has 152 valence electrons. The van der Waals surface area contributed by atoms with Crippen LogP contribution in [0, 0.1) is 5.82 Å². The lowest BCUT2D eigenvalue weighted by atomic mass is 10.2. The van der Waals surface area contributed by atoms with E-state index in [9.17, 15) is 9.18 Å². The minimum Gasteiger partial charge on any atom is -0.457 e. The van der Waals surface area contributed by atoms with Crippen molar-refractivity contribution >= 4 is 34.1 Å². The monoisotopic (exact) mass is 422 g/mol. The molecule has 0 aliphatic heterocycles. The number of carbonyl (C=O) groups excluding carboxylic acids is 1. The minimum absolute atomic E-state index is 0.270. The van der Waals surface area contributed by atoms with Crippen molar-refractivity contribution in [2.75, 3.05) is 11.2 Å². The number of rotatable bonds is 7. The SMILES string of the molecule is O=C(Nc1ccc(F)cc1)c1ccc(Oc2ccc3c(ccn3CCCCl)c2)cc1. The van der Waals surface area contributed by atoms with Crippen molar-refractivity contribution in [1.82, 2.24) is 4.57 Å². The summed E-state index contributed by atoms with van der Waals surface area (Å²) in [5, 5.41) is 3.83. The zero-order valence-electron chi connectivity index (χ0n) is 16.1. The number of nitrogens with one attached hydrogen (secondary N) is 1. The van der Waals surface area contributed by atoms with Gasteiger partial charge in [-0.2, -0.15) is 0 Å². The standard InChI is InChI=1S/C24H20ClFN2O2/c25-13-1-14-28-15-12-18-16-22(10-11-23(18)28)30-21-8-2-17(3-9-21)24(29)27-20-6-4-19(26)5-7-20/h2-12,15-16H,1,13-14H2,(H,27,29). The van der Waals surface area contributed by atoms with E-state index in [1.165, 1.54) is 24.3 Å². The van der Waals surface area contributed by atoms with Crippen LogP contribution in [0.1, 0.15) is 16.8 Å². The summed E-state index contributed by atoms with van der Waals surface area (Å²) in [6.07, 6.45) is 2.97. The molecule has 0 aliphatic rings. The van der Waals surface area contributed by atoms with Gasteiger partial charge < -0.3 is 14.6 Å². The second kappa shape index (κ2) is 9.01. The lowest BCUT2D eigenvalue weighted by Crippen LogP contribution is -2.11. The van der Waals surface area contributed by atoms with Crippen molar-refractivity contribution < 1.29 is 13.9 Å². The van der Waals surface area contributed by atoms with Gasteiger partial charge in [0.05, 0.1) is 0 Å². The van der Waals surface area contributed by atoms with Crippen LogP contribution in [0.5, 0.6) is 11.5 Å². The predicted octanol–water partition coefficient (Wildman–Crippen LogP) is 6.45. The lowest BCUT2D eigenvalue weighted by Gasteiger charge is -2.09. The fraction of sp³-hybridized carbons (Fsp3) is 0.125. The number of nitrogens with zero attached hydrogens (tertiary/aromatic N) is 1. The molecule has 0 atom stereocenters. The molecular weight excluding hydrogens is 403 g/mol. The number of ether oxygens (including phenoxy) is 1. The summed E-state index contributed by atoms with van der Waals surface area (Å²) in [7, 11) is 0. The Balaban J connectivity index is 1.42. The van der Waals surface area contributed by atoms with Crippen LogP contribution in [0.3, 0.4) is 0 Å². The van der Waals surface area contributed by atoms with Gasteiger partial charge in [-0.25, -0.2) is 4.39 Å². The maximum atomic E-state index is 13.0. The second-order valence-electron chi connectivity index (χ2n) is 6.86. The number of amides is 1. The maximum absolute atomic E-state index is 13.0. The third-order valence-electron chi connectivity index (χ3n) is 4.73. The van der Waals surface area contributed by atoms with Gasteiger partial charge in [0.2, 0.25) is 0 Å². The summed E-state index contributed by atoms with van der Waals surface area (Å²) in [5.41, 5.74) is 2.16. The van der Waals surface area contributed by atoms with Gasteiger partial charge in [0.1, 0.15) is 17.3 Å². The molecule has 4 nitrogen and oxygen atoms in total. The minimum atomic E-state index is -0.348. The molecule has 6 heteroatoms. The number of hydrogen-bond acceptors (Lipinski definition) is 2. The molecule has 1 aromatic heterocycles. The third-order valence-corrected chi connectivity index (χ3v) is 5.00. The molecule has 1 N–H and O–H groups in total. The first-order valence-corrected chi connectivity index (χ1v) is 10.2. The van der Waals surface area contributed by atoms with Crippen molar-refractivity contribution in [1.29, 1.82) is 0 Å². The smallest absolute Gasteiger partial charge is 0.255 e. The fourth-order valence-electron chi connectivity index (χ4n) is 3.21. The number of alkyl halides is 1. The summed E-state index contributed by atoms with van der Waals surface area (Å²) in [6, 6.07) is 20.5. The average Bonchev–Trinajstić information content (AvgIpc) is 3.16. The Labute approximate surface area is 178 Å². The van der Waals surface area contributed by atoms with Gasteiger partial charge in [-0.15, -0.1) is 11.6 Å². The van der Waals surface area contributed by atoms with Crippen molar-refractivity contribution in [3.63, 3.8) is 0 Å². The first-order chi connectivity index (χ1) is 14.6. The van der Waals surface area contributed by atoms with Crippen LogP contribution < -0.4 is 10.1 Å². The van der Waals surface area contributed by atoms with Crippen LogP contribution in [0.25, 0.3) is 10.9 Å². The van der Waals surface area contributed by atoms with Crippen LogP contribution in [-0.2, 0) is 6.54 Å². The number of aromatic nitrogens is 1. The molecule has 4 aromatic rings. The van der Waals surface area contributed by atoms with E-state index in [1.54, 1.807) is 24.3 Å². The van der Waals surface area contributed by atoms with Crippen LogP contribution in [0.15, 0.2) is 79.0 Å². The Morgan fingerprint density at radius 2 is 1.70 bits per heavy atom. The summed E-state index contributed by atoms with van der Waals surface area (Å²) in [6.45, 7) is 0.884. The molecule has 1 heterocycles. The van der Waals surface area contributed by atoms with Gasteiger partial charge in [0.15, 0.2) is 0 Å². The second-order valence-corrected chi connectivity index (χ2v) is 7.24. The molecule has 4 rings (SSSR count). The van der Waals surface area contributed by atoms with Crippen molar-refractivity contribution in [3.05, 3.63) is 90.4 Å². The number of fused-ring (bicyclic) bond motifs is 1. The molecule has 0 aliphatic carbocycles. The number of hydrogen-bond donors (Lipinski definition) is 1. The third kappa shape index (κ3) is 4.63. The first kappa shape index (κ1) is 20.0. The Morgan fingerprint density at radius 1 is 0.967 bits per heavy atom. The first-order valence-electron chi connectivity index (χ1n) is 9.62. The van der Waals surface area contributed by atoms with Crippen molar-refractivity contribution in [2.45, 2.75) is 13.0 Å². The van der Waals surface area contributed by atoms with E-state index in [2.05, 4.69) is 22.1 Å². The van der Waals surface area contributed by atoms with E-state index in [4.69, 9.17) is 16.3 Å². The van der Waals surface area contributed by atoms with Gasteiger partial charge in [-0.05, 0) is 79.2 Å². The van der Waals surface area contributed by atoms with Crippen molar-refractivity contribution in [2.24, 2.45) is 0 Å². The van der Waals surface area contributed by atoms with Crippen LogP contribution in [0.4, 0.5) is 10.1 Å². The quantitative estimate of drug-likeness (QED) is 0.347. The number of halogens is 2. The van der Waals surface area contributed by atoms with E-state index in [0.717, 1.165) is 29.6 Å². The highest BCUT2D eigenvalue weighted by Crippen LogP contribution is 2.27. The highest BCUT2D eigenvalue weighted by Gasteiger charge is 2.08. The molecule has 30 heavy (non-hydrogen) atoms.